The average Bonchev–Trinajstić information content (AvgIpc) is 2.78. The molecule has 0 spiro atoms. The molecule has 0 aromatic carbocycles. The molecule has 1 aliphatic rings. The third-order valence-corrected chi connectivity index (χ3v) is 3.37. The zero-order valence-electron chi connectivity index (χ0n) is 9.80. The molecule has 1 fully saturated rings. The Morgan fingerprint density at radius 2 is 1.85 bits per heavy atom. The van der Waals surface area contributed by atoms with Crippen molar-refractivity contribution in [1.82, 2.24) is 5.32 Å². The van der Waals surface area contributed by atoms with Gasteiger partial charge in [-0.25, -0.2) is 0 Å². The maximum atomic E-state index is 3.77. The predicted octanol–water partition coefficient (Wildman–Crippen LogP) is 3.06. The average molecular weight is 183 g/mol. The van der Waals surface area contributed by atoms with Crippen LogP contribution in [0.2, 0.25) is 0 Å². The van der Waals surface area contributed by atoms with Crippen LogP contribution in [-0.4, -0.2) is 12.1 Å². The maximum Gasteiger partial charge on any atom is 0.0104 e. The lowest BCUT2D eigenvalue weighted by Gasteiger charge is -2.21. The van der Waals surface area contributed by atoms with Gasteiger partial charge in [-0.3, -0.25) is 0 Å². The van der Waals surface area contributed by atoms with Crippen molar-refractivity contribution in [3.05, 3.63) is 0 Å². The minimum atomic E-state index is 0.730. The molecule has 0 aromatic rings. The van der Waals surface area contributed by atoms with Crippen LogP contribution < -0.4 is 5.32 Å². The van der Waals surface area contributed by atoms with E-state index in [1.165, 1.54) is 12.8 Å². The predicted molar refractivity (Wildman–Crippen MR) is 58.8 cm³/mol. The van der Waals surface area contributed by atoms with Crippen LogP contribution in [0, 0.1) is 17.8 Å². The zero-order chi connectivity index (χ0) is 10.0. The fourth-order valence-electron chi connectivity index (χ4n) is 2.20. The molecule has 0 amide bonds. The highest BCUT2D eigenvalue weighted by Crippen LogP contribution is 2.37. The Bertz CT molecular complexity index is 151. The summed E-state index contributed by atoms with van der Waals surface area (Å²) in [6.07, 6.45) is 2.67. The van der Waals surface area contributed by atoms with Crippen molar-refractivity contribution in [1.29, 1.82) is 0 Å². The third-order valence-electron chi connectivity index (χ3n) is 3.37. The Labute approximate surface area is 83.3 Å². The smallest absolute Gasteiger partial charge is 0.0104 e. The summed E-state index contributed by atoms with van der Waals surface area (Å²) in [6, 6.07) is 1.56. The van der Waals surface area contributed by atoms with Gasteiger partial charge in [0.2, 0.25) is 0 Å². The van der Waals surface area contributed by atoms with Gasteiger partial charge in [0.25, 0.3) is 0 Å². The Morgan fingerprint density at radius 3 is 2.15 bits per heavy atom. The van der Waals surface area contributed by atoms with E-state index in [0.29, 0.717) is 0 Å². The molecule has 0 aromatic heterocycles. The lowest BCUT2D eigenvalue weighted by molar-refractivity contribution is 0.368. The zero-order valence-corrected chi connectivity index (χ0v) is 9.80. The second kappa shape index (κ2) is 4.45. The molecular formula is C12H25N. The Balaban J connectivity index is 2.26. The molecule has 1 rings (SSSR count). The van der Waals surface area contributed by atoms with E-state index in [-0.39, 0.29) is 0 Å². The standard InChI is InChI=1S/C12H25N/c1-6-11(9(4)5)13-12-7-10(12)8(2)3/h8-13H,6-7H2,1-5H3/t10?,11?,12-/m1/s1. The Kier molecular flexibility index (Phi) is 3.78. The summed E-state index contributed by atoms with van der Waals surface area (Å²) in [5.74, 6) is 2.59. The van der Waals surface area contributed by atoms with E-state index in [2.05, 4.69) is 39.9 Å². The van der Waals surface area contributed by atoms with Crippen molar-refractivity contribution in [3.63, 3.8) is 0 Å². The van der Waals surface area contributed by atoms with Gasteiger partial charge in [0.05, 0.1) is 0 Å². The van der Waals surface area contributed by atoms with Gasteiger partial charge in [-0.15, -0.1) is 0 Å². The molecule has 0 heterocycles. The molecule has 1 heteroatoms. The first-order chi connectivity index (χ1) is 6.06. The normalized spacial score (nSPS) is 29.8. The van der Waals surface area contributed by atoms with Crippen LogP contribution in [0.1, 0.15) is 47.5 Å². The largest absolute Gasteiger partial charge is 0.311 e. The van der Waals surface area contributed by atoms with Crippen molar-refractivity contribution < 1.29 is 0 Å². The van der Waals surface area contributed by atoms with Gasteiger partial charge < -0.3 is 5.32 Å². The van der Waals surface area contributed by atoms with Gasteiger partial charge in [-0.1, -0.05) is 34.6 Å². The van der Waals surface area contributed by atoms with Crippen LogP contribution in [0.15, 0.2) is 0 Å². The monoisotopic (exact) mass is 183 g/mol. The van der Waals surface area contributed by atoms with E-state index >= 15 is 0 Å². The maximum absolute atomic E-state index is 3.77. The first-order valence-electron chi connectivity index (χ1n) is 5.82. The fourth-order valence-corrected chi connectivity index (χ4v) is 2.20. The quantitative estimate of drug-likeness (QED) is 0.691. The van der Waals surface area contributed by atoms with Crippen LogP contribution in [-0.2, 0) is 0 Å². The number of hydrogen-bond acceptors (Lipinski definition) is 1. The summed E-state index contributed by atoms with van der Waals surface area (Å²) in [7, 11) is 0. The van der Waals surface area contributed by atoms with Gasteiger partial charge in [0.1, 0.15) is 0 Å². The van der Waals surface area contributed by atoms with E-state index in [4.69, 9.17) is 0 Å². The van der Waals surface area contributed by atoms with E-state index in [0.717, 1.165) is 29.8 Å². The molecule has 3 atom stereocenters. The number of hydrogen-bond donors (Lipinski definition) is 1. The highest BCUT2D eigenvalue weighted by molar-refractivity contribution is 4.96. The van der Waals surface area contributed by atoms with Crippen molar-refractivity contribution in [2.45, 2.75) is 59.5 Å². The lowest BCUT2D eigenvalue weighted by Crippen LogP contribution is -2.35. The second-order valence-electron chi connectivity index (χ2n) is 5.18. The van der Waals surface area contributed by atoms with Crippen LogP contribution in [0.3, 0.4) is 0 Å². The number of rotatable bonds is 5. The molecule has 0 saturated heterocycles. The highest BCUT2D eigenvalue weighted by atomic mass is 15.0. The van der Waals surface area contributed by atoms with Crippen molar-refractivity contribution >= 4 is 0 Å². The second-order valence-corrected chi connectivity index (χ2v) is 5.18. The van der Waals surface area contributed by atoms with Crippen molar-refractivity contribution in [2.75, 3.05) is 0 Å². The van der Waals surface area contributed by atoms with Crippen LogP contribution in [0.4, 0.5) is 0 Å². The number of nitrogens with one attached hydrogen (secondary N) is 1. The summed E-state index contributed by atoms with van der Waals surface area (Å²) in [5, 5.41) is 3.77. The first kappa shape index (κ1) is 11.0. The van der Waals surface area contributed by atoms with E-state index in [1.807, 2.05) is 0 Å². The summed E-state index contributed by atoms with van der Waals surface area (Å²) in [4.78, 5) is 0. The lowest BCUT2D eigenvalue weighted by atomic mass is 10.0. The van der Waals surface area contributed by atoms with Gasteiger partial charge >= 0.3 is 0 Å². The van der Waals surface area contributed by atoms with Crippen LogP contribution >= 0.6 is 0 Å². The van der Waals surface area contributed by atoms with E-state index in [9.17, 15) is 0 Å². The minimum absolute atomic E-state index is 0.730. The molecule has 2 unspecified atom stereocenters. The summed E-state index contributed by atoms with van der Waals surface area (Å²) >= 11 is 0. The summed E-state index contributed by atoms with van der Waals surface area (Å²) in [6.45, 7) is 11.6. The SMILES string of the molecule is CCC(N[C@@H]1CC1C(C)C)C(C)C. The van der Waals surface area contributed by atoms with E-state index < -0.39 is 0 Å². The topological polar surface area (TPSA) is 12.0 Å². The van der Waals surface area contributed by atoms with Crippen molar-refractivity contribution in [2.24, 2.45) is 17.8 Å². The molecule has 0 bridgehead atoms. The van der Waals surface area contributed by atoms with Gasteiger partial charge in [0, 0.05) is 12.1 Å². The van der Waals surface area contributed by atoms with Gasteiger partial charge in [-0.05, 0) is 30.6 Å². The minimum Gasteiger partial charge on any atom is -0.311 e. The molecule has 78 valence electrons. The van der Waals surface area contributed by atoms with Gasteiger partial charge in [0.15, 0.2) is 0 Å². The van der Waals surface area contributed by atoms with Crippen LogP contribution in [0.25, 0.3) is 0 Å². The molecule has 0 aliphatic heterocycles. The highest BCUT2D eigenvalue weighted by Gasteiger charge is 2.40. The Morgan fingerprint density at radius 1 is 1.23 bits per heavy atom. The van der Waals surface area contributed by atoms with Gasteiger partial charge in [-0.2, -0.15) is 0 Å². The molecule has 0 radical (unpaired) electrons. The molecule has 1 nitrogen and oxygen atoms in total. The van der Waals surface area contributed by atoms with Crippen molar-refractivity contribution in [3.8, 4) is 0 Å². The Hall–Kier alpha value is -0.0400. The third kappa shape index (κ3) is 2.98. The van der Waals surface area contributed by atoms with Crippen LogP contribution in [0.5, 0.6) is 0 Å². The molecule has 1 aliphatic carbocycles. The molecule has 1 saturated carbocycles. The first-order valence-corrected chi connectivity index (χ1v) is 5.82. The van der Waals surface area contributed by atoms with E-state index in [1.54, 1.807) is 0 Å². The molecule has 13 heavy (non-hydrogen) atoms. The fraction of sp³-hybridized carbons (Fsp3) is 1.00. The molecular weight excluding hydrogens is 158 g/mol. The summed E-state index contributed by atoms with van der Waals surface area (Å²) < 4.78 is 0. The summed E-state index contributed by atoms with van der Waals surface area (Å²) in [5.41, 5.74) is 0. The molecule has 1 N–H and O–H groups in total.